The molecule has 0 N–H and O–H groups in total. The maximum atomic E-state index is 11.3. The summed E-state index contributed by atoms with van der Waals surface area (Å²) in [6, 6.07) is 0. The lowest BCUT2D eigenvalue weighted by Gasteiger charge is -1.97. The number of halogens is 2. The molecule has 1 saturated carbocycles. The van der Waals surface area contributed by atoms with Gasteiger partial charge in [-0.15, -0.1) is 5.26 Å². The van der Waals surface area contributed by atoms with Crippen molar-refractivity contribution in [2.45, 2.75) is 13.8 Å². The van der Waals surface area contributed by atoms with Gasteiger partial charge in [0.15, 0.2) is 0 Å². The molecule has 0 radical (unpaired) electrons. The highest BCUT2D eigenvalue weighted by Gasteiger charge is 2.61. The molecule has 0 bridgehead atoms. The third-order valence-electron chi connectivity index (χ3n) is 2.62. The van der Waals surface area contributed by atoms with E-state index in [9.17, 15) is 4.79 Å². The summed E-state index contributed by atoms with van der Waals surface area (Å²) in [5.74, 6) is -0.892. The Morgan fingerprint density at radius 2 is 2.14 bits per heavy atom. The minimum Gasteiger partial charge on any atom is -0.351 e. The molecule has 1 aliphatic rings. The Morgan fingerprint density at radius 1 is 1.57 bits per heavy atom. The van der Waals surface area contributed by atoms with Crippen LogP contribution in [0.15, 0.2) is 10.6 Å². The van der Waals surface area contributed by atoms with Gasteiger partial charge in [0.1, 0.15) is 4.49 Å². The van der Waals surface area contributed by atoms with Crippen molar-refractivity contribution < 1.29 is 9.53 Å². The zero-order valence-corrected chi connectivity index (χ0v) is 9.26. The molecule has 76 valence electrons. The first-order chi connectivity index (χ1) is 6.41. The number of nitriles is 1. The number of esters is 1. The third-order valence-corrected chi connectivity index (χ3v) is 2.87. The summed E-state index contributed by atoms with van der Waals surface area (Å²) in [5.41, 5.74) is -0.233. The van der Waals surface area contributed by atoms with E-state index in [2.05, 4.69) is 4.74 Å². The minimum absolute atomic E-state index is 0.0478. The maximum Gasteiger partial charge on any atom is 0.325 e. The summed E-state index contributed by atoms with van der Waals surface area (Å²) in [5, 5.41) is 8.19. The lowest BCUT2D eigenvalue weighted by atomic mass is 10.1. The lowest BCUT2D eigenvalue weighted by molar-refractivity contribution is -0.139. The standard InChI is InChI=1S/C9H9Cl2NO2/c1-9(2)5(3-6(10)11)7(9)8(13)14-4-12/h3,5,7H,1-2H3. The fourth-order valence-electron chi connectivity index (χ4n) is 1.68. The number of rotatable bonds is 2. The largest absolute Gasteiger partial charge is 0.351 e. The van der Waals surface area contributed by atoms with Gasteiger partial charge in [-0.3, -0.25) is 4.79 Å². The monoisotopic (exact) mass is 233 g/mol. The number of hydrogen-bond donors (Lipinski definition) is 0. The summed E-state index contributed by atoms with van der Waals surface area (Å²) in [6.07, 6.45) is 2.97. The van der Waals surface area contributed by atoms with Gasteiger partial charge in [-0.2, -0.15) is 0 Å². The molecule has 0 saturated heterocycles. The molecule has 0 heterocycles. The highest BCUT2D eigenvalue weighted by molar-refractivity contribution is 6.55. The van der Waals surface area contributed by atoms with E-state index in [1.165, 1.54) is 6.26 Å². The molecule has 14 heavy (non-hydrogen) atoms. The van der Waals surface area contributed by atoms with Gasteiger partial charge in [0, 0.05) is 0 Å². The molecule has 0 spiro atoms. The number of allylic oxidation sites excluding steroid dienone is 1. The van der Waals surface area contributed by atoms with Gasteiger partial charge in [0.05, 0.1) is 5.92 Å². The average molecular weight is 234 g/mol. The number of nitrogens with zero attached hydrogens (tertiary/aromatic N) is 1. The van der Waals surface area contributed by atoms with Crippen LogP contribution in [-0.4, -0.2) is 5.97 Å². The van der Waals surface area contributed by atoms with Gasteiger partial charge in [-0.05, 0) is 17.4 Å². The topological polar surface area (TPSA) is 50.1 Å². The van der Waals surface area contributed by atoms with E-state index < -0.39 is 5.97 Å². The SMILES string of the molecule is CC1(C)C(C=C(Cl)Cl)C1C(=O)OC#N. The predicted molar refractivity (Wildman–Crippen MR) is 52.3 cm³/mol. The number of hydrogen-bond acceptors (Lipinski definition) is 3. The predicted octanol–water partition coefficient (Wildman–Crippen LogP) is 2.60. The molecule has 2 unspecified atom stereocenters. The number of ether oxygens (including phenoxy) is 1. The molecule has 0 aromatic rings. The molecular weight excluding hydrogens is 225 g/mol. The van der Waals surface area contributed by atoms with E-state index in [0.29, 0.717) is 0 Å². The molecular formula is C9H9Cl2NO2. The van der Waals surface area contributed by atoms with Crippen molar-refractivity contribution in [1.82, 2.24) is 0 Å². The van der Waals surface area contributed by atoms with Crippen LogP contribution in [0.3, 0.4) is 0 Å². The van der Waals surface area contributed by atoms with Crippen LogP contribution in [0.5, 0.6) is 0 Å². The molecule has 1 aliphatic carbocycles. The Kier molecular flexibility index (Phi) is 3.08. The Hall–Kier alpha value is -0.720. The Labute approximate surface area is 92.2 Å². The Balaban J connectivity index is 2.72. The fraction of sp³-hybridized carbons (Fsp3) is 0.556. The number of carbonyl (C=O) groups excluding carboxylic acids is 1. The first kappa shape index (κ1) is 11.4. The second-order valence-corrected chi connectivity index (χ2v) is 4.80. The van der Waals surface area contributed by atoms with Gasteiger partial charge < -0.3 is 4.74 Å². The van der Waals surface area contributed by atoms with Gasteiger partial charge in [0.2, 0.25) is 0 Å². The van der Waals surface area contributed by atoms with Gasteiger partial charge in [-0.1, -0.05) is 37.0 Å². The Bertz CT molecular complexity index is 326. The fourth-order valence-corrected chi connectivity index (χ4v) is 1.95. The van der Waals surface area contributed by atoms with Gasteiger partial charge in [0.25, 0.3) is 6.26 Å². The molecule has 0 aromatic carbocycles. The third kappa shape index (κ3) is 2.02. The minimum atomic E-state index is -0.520. The van der Waals surface area contributed by atoms with Crippen LogP contribution in [0.1, 0.15) is 13.8 Å². The van der Waals surface area contributed by atoms with Gasteiger partial charge >= 0.3 is 5.97 Å². The second kappa shape index (κ2) is 3.80. The summed E-state index contributed by atoms with van der Waals surface area (Å²) in [7, 11) is 0. The zero-order valence-electron chi connectivity index (χ0n) is 7.75. The molecule has 1 rings (SSSR count). The van der Waals surface area contributed by atoms with Crippen LogP contribution in [0.25, 0.3) is 0 Å². The van der Waals surface area contributed by atoms with E-state index >= 15 is 0 Å². The first-order valence-electron chi connectivity index (χ1n) is 4.04. The Morgan fingerprint density at radius 3 is 2.57 bits per heavy atom. The molecule has 5 heteroatoms. The molecule has 0 aromatic heterocycles. The summed E-state index contributed by atoms with van der Waals surface area (Å²) in [4.78, 5) is 11.3. The highest BCUT2D eigenvalue weighted by atomic mass is 35.5. The van der Waals surface area contributed by atoms with E-state index in [0.717, 1.165) is 0 Å². The normalized spacial score (nSPS) is 27.4. The van der Waals surface area contributed by atoms with Crippen LogP contribution < -0.4 is 0 Å². The van der Waals surface area contributed by atoms with Crippen LogP contribution >= 0.6 is 23.2 Å². The quantitative estimate of drug-likeness (QED) is 0.545. The van der Waals surface area contributed by atoms with E-state index in [4.69, 9.17) is 28.5 Å². The van der Waals surface area contributed by atoms with Crippen molar-refractivity contribution in [2.75, 3.05) is 0 Å². The van der Waals surface area contributed by atoms with Gasteiger partial charge in [-0.25, -0.2) is 0 Å². The first-order valence-corrected chi connectivity index (χ1v) is 4.79. The lowest BCUT2D eigenvalue weighted by Crippen LogP contribution is -2.07. The number of carbonyl (C=O) groups is 1. The van der Waals surface area contributed by atoms with Crippen LogP contribution in [0, 0.1) is 28.8 Å². The van der Waals surface area contributed by atoms with Crippen molar-refractivity contribution in [3.63, 3.8) is 0 Å². The summed E-state index contributed by atoms with van der Waals surface area (Å²) in [6.45, 7) is 3.79. The van der Waals surface area contributed by atoms with Crippen molar-refractivity contribution in [2.24, 2.45) is 17.3 Å². The van der Waals surface area contributed by atoms with E-state index in [-0.39, 0.29) is 21.7 Å². The summed E-state index contributed by atoms with van der Waals surface area (Å²) >= 11 is 11.0. The average Bonchev–Trinajstić information content (AvgIpc) is 2.52. The maximum absolute atomic E-state index is 11.3. The second-order valence-electron chi connectivity index (χ2n) is 3.79. The molecule has 1 fully saturated rings. The van der Waals surface area contributed by atoms with E-state index in [1.807, 2.05) is 13.8 Å². The van der Waals surface area contributed by atoms with Crippen molar-refractivity contribution in [3.05, 3.63) is 10.6 Å². The molecule has 3 nitrogen and oxygen atoms in total. The highest BCUT2D eigenvalue weighted by Crippen LogP contribution is 2.60. The van der Waals surface area contributed by atoms with Crippen LogP contribution in [-0.2, 0) is 9.53 Å². The molecule has 0 amide bonds. The smallest absolute Gasteiger partial charge is 0.325 e. The van der Waals surface area contributed by atoms with Crippen molar-refractivity contribution in [3.8, 4) is 6.26 Å². The molecule has 0 aliphatic heterocycles. The van der Waals surface area contributed by atoms with Crippen LogP contribution in [0.2, 0.25) is 0 Å². The van der Waals surface area contributed by atoms with Crippen molar-refractivity contribution >= 4 is 29.2 Å². The summed E-state index contributed by atoms with van der Waals surface area (Å²) < 4.78 is 4.40. The zero-order chi connectivity index (χ0) is 10.9. The molecule has 2 atom stereocenters. The van der Waals surface area contributed by atoms with Crippen LogP contribution in [0.4, 0.5) is 0 Å². The van der Waals surface area contributed by atoms with E-state index in [1.54, 1.807) is 6.08 Å². The van der Waals surface area contributed by atoms with Crippen molar-refractivity contribution in [1.29, 1.82) is 5.26 Å².